The molecule has 1 aromatic carbocycles. The van der Waals surface area contributed by atoms with Crippen molar-refractivity contribution in [2.45, 2.75) is 33.0 Å². The molecule has 2 N–H and O–H groups in total. The Balaban J connectivity index is 2.76. The highest BCUT2D eigenvalue weighted by Gasteiger charge is 2.31. The predicted octanol–water partition coefficient (Wildman–Crippen LogP) is 3.61. The second-order valence-electron chi connectivity index (χ2n) is 5.93. The fourth-order valence-corrected chi connectivity index (χ4v) is 2.25. The summed E-state index contributed by atoms with van der Waals surface area (Å²) in [5, 5.41) is 4.34. The van der Waals surface area contributed by atoms with Crippen molar-refractivity contribution in [2.24, 2.45) is 5.92 Å². The van der Waals surface area contributed by atoms with Crippen LogP contribution in [0.15, 0.2) is 18.2 Å². The smallest absolute Gasteiger partial charge is 0.416 e. The maximum Gasteiger partial charge on any atom is 0.416 e. The first-order valence-corrected chi connectivity index (χ1v) is 8.60. The summed E-state index contributed by atoms with van der Waals surface area (Å²) in [6, 6.07) is 1.66. The van der Waals surface area contributed by atoms with Crippen molar-refractivity contribution in [3.8, 4) is 0 Å². The number of esters is 1. The van der Waals surface area contributed by atoms with Gasteiger partial charge in [-0.25, -0.2) is 9.59 Å². The summed E-state index contributed by atoms with van der Waals surface area (Å²) in [6.07, 6.45) is -5.52. The lowest BCUT2D eigenvalue weighted by atomic mass is 10.0. The summed E-state index contributed by atoms with van der Waals surface area (Å²) in [7, 11) is 0. The number of alkyl carbamates (subject to hydrolysis) is 1. The maximum absolute atomic E-state index is 12.7. The Labute approximate surface area is 164 Å². The van der Waals surface area contributed by atoms with E-state index in [2.05, 4.69) is 10.1 Å². The summed E-state index contributed by atoms with van der Waals surface area (Å²) in [5.41, 5.74) is -0.830. The van der Waals surface area contributed by atoms with Gasteiger partial charge in [-0.2, -0.15) is 13.2 Å². The van der Waals surface area contributed by atoms with Gasteiger partial charge in [-0.15, -0.1) is 0 Å². The van der Waals surface area contributed by atoms with E-state index in [1.807, 2.05) is 5.32 Å². The average Bonchev–Trinajstić information content (AvgIpc) is 2.57. The van der Waals surface area contributed by atoms with Crippen LogP contribution in [-0.4, -0.2) is 37.2 Å². The Hall–Kier alpha value is -2.49. The van der Waals surface area contributed by atoms with Crippen LogP contribution in [0, 0.1) is 5.92 Å². The molecular formula is C17H20ClF3N2O5. The molecule has 11 heteroatoms. The zero-order valence-electron chi connectivity index (χ0n) is 15.4. The van der Waals surface area contributed by atoms with Crippen LogP contribution >= 0.6 is 11.6 Å². The number of amides is 2. The molecule has 1 atom stereocenters. The minimum absolute atomic E-state index is 0.0616. The second-order valence-corrected chi connectivity index (χ2v) is 6.34. The lowest BCUT2D eigenvalue weighted by Gasteiger charge is -2.22. The van der Waals surface area contributed by atoms with Gasteiger partial charge in [-0.1, -0.05) is 25.4 Å². The second kappa shape index (κ2) is 10.2. The first-order chi connectivity index (χ1) is 13.0. The SMILES string of the molecule is CCOC(=O)NC(=O)COC(=O)[C@@H](Nc1ccc(C(F)(F)F)cc1Cl)C(C)C. The molecule has 0 radical (unpaired) electrons. The first kappa shape index (κ1) is 23.5. The summed E-state index contributed by atoms with van der Waals surface area (Å²) < 4.78 is 47.5. The zero-order valence-corrected chi connectivity index (χ0v) is 16.1. The van der Waals surface area contributed by atoms with E-state index < -0.39 is 42.4 Å². The quantitative estimate of drug-likeness (QED) is 0.649. The van der Waals surface area contributed by atoms with E-state index in [0.29, 0.717) is 0 Å². The van der Waals surface area contributed by atoms with Gasteiger partial charge in [0.2, 0.25) is 0 Å². The van der Waals surface area contributed by atoms with E-state index >= 15 is 0 Å². The number of carbonyl (C=O) groups is 3. The molecule has 1 aromatic rings. The van der Waals surface area contributed by atoms with Gasteiger partial charge in [-0.05, 0) is 31.0 Å². The van der Waals surface area contributed by atoms with Gasteiger partial charge in [0.15, 0.2) is 6.61 Å². The molecule has 0 saturated heterocycles. The fourth-order valence-electron chi connectivity index (χ4n) is 2.02. The molecule has 0 aliphatic rings. The van der Waals surface area contributed by atoms with E-state index in [4.69, 9.17) is 16.3 Å². The highest BCUT2D eigenvalue weighted by Crippen LogP contribution is 2.34. The largest absolute Gasteiger partial charge is 0.454 e. The number of hydrogen-bond donors (Lipinski definition) is 2. The van der Waals surface area contributed by atoms with E-state index in [1.54, 1.807) is 20.8 Å². The predicted molar refractivity (Wildman–Crippen MR) is 94.8 cm³/mol. The minimum Gasteiger partial charge on any atom is -0.454 e. The number of rotatable bonds is 7. The third kappa shape index (κ3) is 7.26. The van der Waals surface area contributed by atoms with Crippen LogP contribution in [0.5, 0.6) is 0 Å². The first-order valence-electron chi connectivity index (χ1n) is 8.22. The maximum atomic E-state index is 12.7. The van der Waals surface area contributed by atoms with E-state index in [9.17, 15) is 27.6 Å². The Morgan fingerprint density at radius 1 is 1.18 bits per heavy atom. The van der Waals surface area contributed by atoms with Crippen molar-refractivity contribution < 1.29 is 37.0 Å². The van der Waals surface area contributed by atoms with Crippen molar-refractivity contribution in [2.75, 3.05) is 18.5 Å². The molecular weight excluding hydrogens is 405 g/mol. The molecule has 156 valence electrons. The van der Waals surface area contributed by atoms with Crippen LogP contribution in [0.4, 0.5) is 23.7 Å². The highest BCUT2D eigenvalue weighted by atomic mass is 35.5. The van der Waals surface area contributed by atoms with Gasteiger partial charge in [-0.3, -0.25) is 10.1 Å². The van der Waals surface area contributed by atoms with E-state index in [0.717, 1.165) is 18.2 Å². The number of halogens is 4. The molecule has 1 rings (SSSR count). The molecule has 0 bridgehead atoms. The Morgan fingerprint density at radius 3 is 2.32 bits per heavy atom. The Kier molecular flexibility index (Phi) is 8.55. The van der Waals surface area contributed by atoms with Crippen LogP contribution in [0.25, 0.3) is 0 Å². The number of imide groups is 1. The van der Waals surface area contributed by atoms with Crippen molar-refractivity contribution >= 4 is 35.3 Å². The molecule has 7 nitrogen and oxygen atoms in total. The molecule has 0 unspecified atom stereocenters. The molecule has 28 heavy (non-hydrogen) atoms. The summed E-state index contributed by atoms with van der Waals surface area (Å²) in [5.74, 6) is -2.08. The number of alkyl halides is 3. The van der Waals surface area contributed by atoms with Crippen molar-refractivity contribution in [3.05, 3.63) is 28.8 Å². The number of anilines is 1. The van der Waals surface area contributed by atoms with Gasteiger partial charge in [0.1, 0.15) is 6.04 Å². The molecule has 0 spiro atoms. The third-order valence-corrected chi connectivity index (χ3v) is 3.70. The van der Waals surface area contributed by atoms with Crippen LogP contribution in [0.3, 0.4) is 0 Å². The van der Waals surface area contributed by atoms with Gasteiger partial charge in [0, 0.05) is 0 Å². The van der Waals surface area contributed by atoms with Gasteiger partial charge in [0.25, 0.3) is 5.91 Å². The highest BCUT2D eigenvalue weighted by molar-refractivity contribution is 6.33. The Bertz CT molecular complexity index is 725. The van der Waals surface area contributed by atoms with Gasteiger partial charge in [0.05, 0.1) is 22.9 Å². The number of hydrogen-bond acceptors (Lipinski definition) is 6. The van der Waals surface area contributed by atoms with Crippen molar-refractivity contribution in [3.63, 3.8) is 0 Å². The van der Waals surface area contributed by atoms with Crippen LogP contribution in [-0.2, 0) is 25.2 Å². The monoisotopic (exact) mass is 424 g/mol. The standard InChI is InChI=1S/C17H20ClF3N2O5/c1-4-27-16(26)23-13(24)8-28-15(25)14(9(2)3)22-12-6-5-10(7-11(12)18)17(19,20)21/h5-7,9,14,22H,4,8H2,1-3H3,(H,23,24,26)/t14-/m0/s1. The molecule has 0 aliphatic heterocycles. The molecule has 0 heterocycles. The van der Waals surface area contributed by atoms with Gasteiger partial charge >= 0.3 is 18.2 Å². The topological polar surface area (TPSA) is 93.7 Å². The lowest BCUT2D eigenvalue weighted by Crippen LogP contribution is -2.39. The summed E-state index contributed by atoms with van der Waals surface area (Å²) >= 11 is 5.87. The van der Waals surface area contributed by atoms with Crippen molar-refractivity contribution in [1.82, 2.24) is 5.32 Å². The zero-order chi connectivity index (χ0) is 21.5. The molecule has 0 aromatic heterocycles. The minimum atomic E-state index is -4.55. The normalized spacial score (nSPS) is 12.3. The lowest BCUT2D eigenvalue weighted by molar-refractivity contribution is -0.150. The number of nitrogens with one attached hydrogen (secondary N) is 2. The van der Waals surface area contributed by atoms with Gasteiger partial charge < -0.3 is 14.8 Å². The fraction of sp³-hybridized carbons (Fsp3) is 0.471. The molecule has 0 saturated carbocycles. The number of carbonyl (C=O) groups excluding carboxylic acids is 3. The van der Waals surface area contributed by atoms with E-state index in [-0.39, 0.29) is 23.2 Å². The van der Waals surface area contributed by atoms with Crippen LogP contribution in [0.1, 0.15) is 26.3 Å². The van der Waals surface area contributed by atoms with Crippen molar-refractivity contribution in [1.29, 1.82) is 0 Å². The Morgan fingerprint density at radius 2 is 1.82 bits per heavy atom. The molecule has 0 fully saturated rings. The summed E-state index contributed by atoms with van der Waals surface area (Å²) in [4.78, 5) is 34.9. The number of benzene rings is 1. The number of ether oxygens (including phenoxy) is 2. The van der Waals surface area contributed by atoms with E-state index in [1.165, 1.54) is 0 Å². The summed E-state index contributed by atoms with van der Waals surface area (Å²) in [6.45, 7) is 4.20. The molecule has 0 aliphatic carbocycles. The van der Waals surface area contributed by atoms with Crippen LogP contribution < -0.4 is 10.6 Å². The third-order valence-electron chi connectivity index (χ3n) is 3.39. The molecule has 2 amide bonds. The van der Waals surface area contributed by atoms with Crippen LogP contribution in [0.2, 0.25) is 5.02 Å². The average molecular weight is 425 g/mol.